The third kappa shape index (κ3) is 8.45. The number of hydrogen-bond donors (Lipinski definition) is 2. The molecule has 1 saturated carbocycles. The maximum atomic E-state index is 11.8. The summed E-state index contributed by atoms with van der Waals surface area (Å²) in [6.45, 7) is 9.84. The number of aliphatic hydroxyl groups is 1. The van der Waals surface area contributed by atoms with Crippen molar-refractivity contribution in [2.45, 2.75) is 69.8 Å². The zero-order valence-corrected chi connectivity index (χ0v) is 25.4. The highest BCUT2D eigenvalue weighted by Gasteiger charge is 2.34. The molecule has 0 radical (unpaired) electrons. The van der Waals surface area contributed by atoms with Crippen LogP contribution in [0.15, 0.2) is 98.1 Å². The molecule has 1 heterocycles. The number of nitrogens with one attached hydrogen (secondary N) is 1. The number of benzene rings is 3. The summed E-state index contributed by atoms with van der Waals surface area (Å²) in [7, 11) is 0. The van der Waals surface area contributed by atoms with Crippen LogP contribution in [0.5, 0.6) is 0 Å². The highest BCUT2D eigenvalue weighted by Crippen LogP contribution is 2.39. The average Bonchev–Trinajstić information content (AvgIpc) is 3.62. The largest absolute Gasteiger partial charge is 0.445 e. The molecule has 0 aromatic heterocycles. The first-order valence-corrected chi connectivity index (χ1v) is 15.6. The summed E-state index contributed by atoms with van der Waals surface area (Å²) >= 11 is 0. The van der Waals surface area contributed by atoms with Gasteiger partial charge in [-0.05, 0) is 46.7 Å². The maximum absolute atomic E-state index is 11.8. The monoisotopic (exact) mass is 596 g/mol. The minimum atomic E-state index is -0.503. The molecule has 232 valence electrons. The fraction of sp³-hybridized carbons (Fsp3) is 0.378. The summed E-state index contributed by atoms with van der Waals surface area (Å²) in [6, 6.07) is 25.0. The molecular weight excluding hydrogens is 552 g/mol. The Kier molecular flexibility index (Phi) is 11.4. The van der Waals surface area contributed by atoms with Gasteiger partial charge in [0.15, 0.2) is 6.29 Å². The van der Waals surface area contributed by atoms with Gasteiger partial charge in [-0.1, -0.05) is 98.3 Å². The van der Waals surface area contributed by atoms with Gasteiger partial charge in [0.05, 0.1) is 18.8 Å². The van der Waals surface area contributed by atoms with Gasteiger partial charge in [0.25, 0.3) is 0 Å². The van der Waals surface area contributed by atoms with Crippen LogP contribution in [0, 0.1) is 0 Å². The molecule has 7 nitrogen and oxygen atoms in total. The Morgan fingerprint density at radius 1 is 0.932 bits per heavy atom. The van der Waals surface area contributed by atoms with Gasteiger partial charge in [0.2, 0.25) is 0 Å². The molecule has 7 heteroatoms. The molecule has 1 aliphatic carbocycles. The van der Waals surface area contributed by atoms with E-state index >= 15 is 0 Å². The van der Waals surface area contributed by atoms with Crippen LogP contribution in [0.3, 0.4) is 0 Å². The minimum absolute atomic E-state index is 0.00107. The Labute approximate surface area is 261 Å². The molecule has 1 aliphatic heterocycles. The van der Waals surface area contributed by atoms with Crippen molar-refractivity contribution >= 4 is 6.09 Å². The third-order valence-electron chi connectivity index (χ3n) is 8.47. The highest BCUT2D eigenvalue weighted by molar-refractivity contribution is 5.68. The van der Waals surface area contributed by atoms with Crippen molar-refractivity contribution in [1.29, 1.82) is 0 Å². The summed E-state index contributed by atoms with van der Waals surface area (Å²) in [6.07, 6.45) is 8.22. The molecule has 2 N–H and O–H groups in total. The Bertz CT molecular complexity index is 1370. The van der Waals surface area contributed by atoms with E-state index in [0.29, 0.717) is 12.6 Å². The van der Waals surface area contributed by atoms with E-state index < -0.39 is 12.4 Å². The molecule has 5 rings (SSSR count). The first-order valence-electron chi connectivity index (χ1n) is 15.6. The molecule has 3 aromatic carbocycles. The Balaban J connectivity index is 1.31. The Morgan fingerprint density at radius 3 is 2.39 bits per heavy atom. The second-order valence-electron chi connectivity index (χ2n) is 11.6. The first-order chi connectivity index (χ1) is 21.6. The zero-order valence-electron chi connectivity index (χ0n) is 25.4. The predicted octanol–water partition coefficient (Wildman–Crippen LogP) is 7.23. The zero-order chi connectivity index (χ0) is 30.7. The van der Waals surface area contributed by atoms with Crippen molar-refractivity contribution in [2.75, 3.05) is 19.7 Å². The van der Waals surface area contributed by atoms with Crippen LogP contribution in [-0.2, 0) is 27.4 Å². The Hall–Kier alpha value is -3.75. The molecule has 3 atom stereocenters. The number of rotatable bonds is 13. The molecule has 0 spiro atoms. The van der Waals surface area contributed by atoms with Gasteiger partial charge in [-0.2, -0.15) is 0 Å². The molecular formula is C37H44N2O5. The van der Waals surface area contributed by atoms with E-state index in [1.54, 1.807) is 0 Å². The molecule has 1 saturated heterocycles. The van der Waals surface area contributed by atoms with Gasteiger partial charge in [0.1, 0.15) is 6.61 Å². The quantitative estimate of drug-likeness (QED) is 0.203. The van der Waals surface area contributed by atoms with E-state index in [1.807, 2.05) is 30.3 Å². The summed E-state index contributed by atoms with van der Waals surface area (Å²) in [5.41, 5.74) is 6.03. The SMILES string of the molecule is C=CCOC(=O)NCc1cccc(-c2ccc([C@@H]3O[C@H](CN(CC=C)C4CCCC4)C[C@H](c4ccc(CO)cc4)O3)cc2)c1. The van der Waals surface area contributed by atoms with Crippen molar-refractivity contribution in [3.63, 3.8) is 0 Å². The molecule has 0 unspecified atom stereocenters. The highest BCUT2D eigenvalue weighted by atomic mass is 16.7. The minimum Gasteiger partial charge on any atom is -0.445 e. The van der Waals surface area contributed by atoms with Crippen molar-refractivity contribution in [1.82, 2.24) is 10.2 Å². The lowest BCUT2D eigenvalue weighted by Gasteiger charge is -2.39. The summed E-state index contributed by atoms with van der Waals surface area (Å²) in [5.74, 6) is 0. The smallest absolute Gasteiger partial charge is 0.407 e. The van der Waals surface area contributed by atoms with Crippen LogP contribution in [0.1, 0.15) is 66.8 Å². The lowest BCUT2D eigenvalue weighted by Crippen LogP contribution is -2.43. The molecule has 2 aliphatic rings. The summed E-state index contributed by atoms with van der Waals surface area (Å²) in [5, 5.41) is 12.3. The second kappa shape index (κ2) is 15.8. The maximum Gasteiger partial charge on any atom is 0.407 e. The van der Waals surface area contributed by atoms with Gasteiger partial charge in [-0.15, -0.1) is 6.58 Å². The molecule has 3 aromatic rings. The molecule has 44 heavy (non-hydrogen) atoms. The number of alkyl carbamates (subject to hydrolysis) is 1. The molecule has 2 fully saturated rings. The van der Waals surface area contributed by atoms with E-state index in [0.717, 1.165) is 52.9 Å². The van der Waals surface area contributed by atoms with Crippen LogP contribution in [0.4, 0.5) is 4.79 Å². The number of aliphatic hydroxyl groups excluding tert-OH is 1. The van der Waals surface area contributed by atoms with E-state index in [-0.39, 0.29) is 25.4 Å². The van der Waals surface area contributed by atoms with Gasteiger partial charge in [-0.3, -0.25) is 4.90 Å². The van der Waals surface area contributed by atoms with Crippen molar-refractivity contribution < 1.29 is 24.1 Å². The number of hydrogen-bond acceptors (Lipinski definition) is 6. The van der Waals surface area contributed by atoms with Gasteiger partial charge in [0, 0.05) is 37.7 Å². The van der Waals surface area contributed by atoms with Crippen LogP contribution >= 0.6 is 0 Å². The number of ether oxygens (including phenoxy) is 3. The molecule has 0 bridgehead atoms. The average molecular weight is 597 g/mol. The number of amides is 1. The molecule has 1 amide bonds. The lowest BCUT2D eigenvalue weighted by atomic mass is 9.98. The predicted molar refractivity (Wildman–Crippen MR) is 173 cm³/mol. The van der Waals surface area contributed by atoms with Crippen LogP contribution < -0.4 is 5.32 Å². The normalized spacial score (nSPS) is 20.4. The van der Waals surface area contributed by atoms with Crippen LogP contribution in [-0.4, -0.2) is 47.9 Å². The third-order valence-corrected chi connectivity index (χ3v) is 8.47. The lowest BCUT2D eigenvalue weighted by molar-refractivity contribution is -0.253. The van der Waals surface area contributed by atoms with Crippen molar-refractivity contribution in [3.8, 4) is 11.1 Å². The summed E-state index contributed by atoms with van der Waals surface area (Å²) < 4.78 is 18.3. The van der Waals surface area contributed by atoms with E-state index in [1.165, 1.54) is 31.8 Å². The Morgan fingerprint density at radius 2 is 1.68 bits per heavy atom. The fourth-order valence-electron chi connectivity index (χ4n) is 6.16. The van der Waals surface area contributed by atoms with E-state index in [2.05, 4.69) is 71.9 Å². The first kappa shape index (κ1) is 31.7. The van der Waals surface area contributed by atoms with Gasteiger partial charge >= 0.3 is 6.09 Å². The number of carbonyl (C=O) groups excluding carboxylic acids is 1. The fourth-order valence-corrected chi connectivity index (χ4v) is 6.16. The van der Waals surface area contributed by atoms with Crippen molar-refractivity contribution in [2.24, 2.45) is 0 Å². The van der Waals surface area contributed by atoms with Gasteiger partial charge < -0.3 is 24.6 Å². The standard InChI is InChI=1S/C37H44N2O5/c1-3-20-39(33-10-5-6-11-33)25-34-23-35(30-14-12-27(26-40)13-15-30)44-36(43-34)31-18-16-29(17-19-31)32-9-7-8-28(22-32)24-38-37(41)42-21-4-2/h3-4,7-9,12-19,22,33-36,40H,1-2,5-6,10-11,20-21,23-26H2,(H,38,41)/t34-,35+,36+/m0/s1. The van der Waals surface area contributed by atoms with E-state index in [9.17, 15) is 9.90 Å². The summed E-state index contributed by atoms with van der Waals surface area (Å²) in [4.78, 5) is 14.4. The van der Waals surface area contributed by atoms with Crippen molar-refractivity contribution in [3.05, 3.63) is 120 Å². The number of nitrogens with zero attached hydrogens (tertiary/aromatic N) is 1. The van der Waals surface area contributed by atoms with E-state index in [4.69, 9.17) is 14.2 Å². The second-order valence-corrected chi connectivity index (χ2v) is 11.6. The van der Waals surface area contributed by atoms with Crippen LogP contribution in [0.2, 0.25) is 0 Å². The topological polar surface area (TPSA) is 80.3 Å². The number of carbonyl (C=O) groups is 1. The van der Waals surface area contributed by atoms with Crippen LogP contribution in [0.25, 0.3) is 11.1 Å². The van der Waals surface area contributed by atoms with Gasteiger partial charge in [-0.25, -0.2) is 4.79 Å².